The van der Waals surface area contributed by atoms with E-state index in [1.165, 1.54) is 17.6 Å². The van der Waals surface area contributed by atoms with Crippen LogP contribution in [-0.4, -0.2) is 67.8 Å². The number of thiazole rings is 1. The topological polar surface area (TPSA) is 97.4 Å². The fraction of sp³-hybridized carbons (Fsp3) is 0.353. The first-order valence-corrected chi connectivity index (χ1v) is 9.33. The molecule has 2 amide bonds. The Balaban J connectivity index is 1.44. The van der Waals surface area contributed by atoms with Gasteiger partial charge < -0.3 is 14.2 Å². The second-order valence-corrected chi connectivity index (χ2v) is 7.46. The van der Waals surface area contributed by atoms with Gasteiger partial charge in [-0.3, -0.25) is 9.59 Å². The normalized spacial score (nSPS) is 14.6. The first-order valence-electron chi connectivity index (χ1n) is 8.52. The van der Waals surface area contributed by atoms with Gasteiger partial charge in [0.05, 0.1) is 12.0 Å². The summed E-state index contributed by atoms with van der Waals surface area (Å²) in [5.41, 5.74) is 0.970. The van der Waals surface area contributed by atoms with Crippen molar-refractivity contribution in [2.24, 2.45) is 0 Å². The van der Waals surface area contributed by atoms with Crippen molar-refractivity contribution in [1.82, 2.24) is 29.8 Å². The Bertz CT molecular complexity index is 969. The molecule has 0 unspecified atom stereocenters. The minimum Gasteiger partial charge on any atom is -0.459 e. The van der Waals surface area contributed by atoms with E-state index < -0.39 is 0 Å². The van der Waals surface area contributed by atoms with Gasteiger partial charge in [0.1, 0.15) is 0 Å². The number of aryl methyl sites for hydroxylation is 1. The van der Waals surface area contributed by atoms with Crippen molar-refractivity contribution in [3.63, 3.8) is 0 Å². The molecule has 4 heterocycles. The smallest absolute Gasteiger partial charge is 0.289 e. The SMILES string of the molecule is Cc1cnc(-n2nnc(C(=O)N3CCN(C(=O)c4ccco4)CC3)c2C)s1. The summed E-state index contributed by atoms with van der Waals surface area (Å²) in [7, 11) is 0. The van der Waals surface area contributed by atoms with E-state index in [1.54, 1.807) is 39.7 Å². The number of hydrogen-bond acceptors (Lipinski definition) is 7. The Morgan fingerprint density at radius 1 is 1.11 bits per heavy atom. The Labute approximate surface area is 159 Å². The molecule has 0 saturated carbocycles. The highest BCUT2D eigenvalue weighted by atomic mass is 32.1. The van der Waals surface area contributed by atoms with E-state index in [-0.39, 0.29) is 11.8 Å². The molecule has 27 heavy (non-hydrogen) atoms. The maximum Gasteiger partial charge on any atom is 0.289 e. The number of carbonyl (C=O) groups excluding carboxylic acids is 2. The summed E-state index contributed by atoms with van der Waals surface area (Å²) < 4.78 is 6.74. The summed E-state index contributed by atoms with van der Waals surface area (Å²) in [5, 5.41) is 8.83. The van der Waals surface area contributed by atoms with Crippen molar-refractivity contribution < 1.29 is 14.0 Å². The van der Waals surface area contributed by atoms with E-state index in [4.69, 9.17) is 4.42 Å². The largest absolute Gasteiger partial charge is 0.459 e. The number of rotatable bonds is 3. The zero-order chi connectivity index (χ0) is 19.0. The molecular formula is C17H18N6O3S. The lowest BCUT2D eigenvalue weighted by Crippen LogP contribution is -2.50. The molecule has 0 atom stereocenters. The van der Waals surface area contributed by atoms with Crippen LogP contribution in [0.15, 0.2) is 29.0 Å². The molecule has 0 aliphatic carbocycles. The van der Waals surface area contributed by atoms with Crippen LogP contribution >= 0.6 is 11.3 Å². The van der Waals surface area contributed by atoms with Gasteiger partial charge in [-0.1, -0.05) is 5.21 Å². The fourth-order valence-corrected chi connectivity index (χ4v) is 3.73. The molecule has 3 aromatic rings. The van der Waals surface area contributed by atoms with Crippen LogP contribution in [-0.2, 0) is 0 Å². The molecule has 1 saturated heterocycles. The highest BCUT2D eigenvalue weighted by Gasteiger charge is 2.29. The zero-order valence-corrected chi connectivity index (χ0v) is 15.8. The maximum absolute atomic E-state index is 12.8. The van der Waals surface area contributed by atoms with Crippen LogP contribution in [0.5, 0.6) is 0 Å². The van der Waals surface area contributed by atoms with Crippen LogP contribution in [0.25, 0.3) is 5.13 Å². The zero-order valence-electron chi connectivity index (χ0n) is 15.0. The van der Waals surface area contributed by atoms with Gasteiger partial charge >= 0.3 is 0 Å². The standard InChI is InChI=1S/C17H18N6O3S/c1-11-10-18-17(27-11)23-12(2)14(19-20-23)16(25)22-7-5-21(6-8-22)15(24)13-4-3-9-26-13/h3-4,9-10H,5-8H2,1-2H3. The quantitative estimate of drug-likeness (QED) is 0.677. The first-order chi connectivity index (χ1) is 13.0. The molecule has 0 N–H and O–H groups in total. The van der Waals surface area contributed by atoms with Crippen molar-refractivity contribution >= 4 is 23.2 Å². The number of nitrogens with zero attached hydrogens (tertiary/aromatic N) is 6. The minimum absolute atomic E-state index is 0.159. The number of furan rings is 1. The average molecular weight is 386 g/mol. The van der Waals surface area contributed by atoms with Crippen LogP contribution in [0.2, 0.25) is 0 Å². The van der Waals surface area contributed by atoms with E-state index in [1.807, 2.05) is 6.92 Å². The molecule has 10 heteroatoms. The second kappa shape index (κ2) is 6.95. The lowest BCUT2D eigenvalue weighted by atomic mass is 10.2. The minimum atomic E-state index is -0.183. The molecule has 9 nitrogen and oxygen atoms in total. The summed E-state index contributed by atoms with van der Waals surface area (Å²) in [5.74, 6) is -0.0298. The monoisotopic (exact) mass is 386 g/mol. The van der Waals surface area contributed by atoms with Gasteiger partial charge in [0.2, 0.25) is 5.13 Å². The summed E-state index contributed by atoms with van der Waals surface area (Å²) >= 11 is 1.49. The van der Waals surface area contributed by atoms with Crippen LogP contribution in [0.4, 0.5) is 0 Å². The highest BCUT2D eigenvalue weighted by Crippen LogP contribution is 2.19. The third kappa shape index (κ3) is 3.23. The first kappa shape index (κ1) is 17.4. The van der Waals surface area contributed by atoms with Crippen molar-refractivity contribution in [3.05, 3.63) is 46.6 Å². The van der Waals surface area contributed by atoms with Crippen LogP contribution in [0.3, 0.4) is 0 Å². The van der Waals surface area contributed by atoms with E-state index in [2.05, 4.69) is 15.3 Å². The summed E-state index contributed by atoms with van der Waals surface area (Å²) in [4.78, 5) is 33.9. The summed E-state index contributed by atoms with van der Waals surface area (Å²) in [6, 6.07) is 3.32. The van der Waals surface area contributed by atoms with E-state index in [9.17, 15) is 9.59 Å². The molecule has 0 radical (unpaired) electrons. The summed E-state index contributed by atoms with van der Waals surface area (Å²) in [6.07, 6.45) is 3.24. The molecule has 0 spiro atoms. The lowest BCUT2D eigenvalue weighted by Gasteiger charge is -2.34. The Kier molecular flexibility index (Phi) is 4.48. The molecular weight excluding hydrogens is 368 g/mol. The number of piperazine rings is 1. The van der Waals surface area contributed by atoms with Crippen LogP contribution < -0.4 is 0 Å². The molecule has 1 aliphatic heterocycles. The fourth-order valence-electron chi connectivity index (χ4n) is 2.97. The Morgan fingerprint density at radius 3 is 2.41 bits per heavy atom. The molecule has 1 fully saturated rings. The van der Waals surface area contributed by atoms with Crippen molar-refractivity contribution in [2.45, 2.75) is 13.8 Å². The number of aromatic nitrogens is 4. The molecule has 0 aromatic carbocycles. The predicted molar refractivity (Wildman–Crippen MR) is 97.0 cm³/mol. The van der Waals surface area contributed by atoms with Gasteiger partial charge in [-0.15, -0.1) is 16.4 Å². The molecule has 3 aromatic heterocycles. The third-order valence-electron chi connectivity index (χ3n) is 4.47. The van der Waals surface area contributed by atoms with Gasteiger partial charge in [0.15, 0.2) is 11.5 Å². The van der Waals surface area contributed by atoms with Gasteiger partial charge in [-0.25, -0.2) is 4.98 Å². The molecule has 140 valence electrons. The van der Waals surface area contributed by atoms with E-state index in [0.29, 0.717) is 48.5 Å². The highest BCUT2D eigenvalue weighted by molar-refractivity contribution is 7.13. The number of carbonyl (C=O) groups is 2. The van der Waals surface area contributed by atoms with Crippen LogP contribution in [0.1, 0.15) is 31.6 Å². The number of hydrogen-bond donors (Lipinski definition) is 0. The Hall–Kier alpha value is -3.01. The summed E-state index contributed by atoms with van der Waals surface area (Å²) in [6.45, 7) is 5.54. The average Bonchev–Trinajstić information content (AvgIpc) is 3.42. The molecule has 4 rings (SSSR count). The molecule has 1 aliphatic rings. The van der Waals surface area contributed by atoms with Gasteiger partial charge in [0, 0.05) is 37.3 Å². The predicted octanol–water partition coefficient (Wildman–Crippen LogP) is 1.53. The maximum atomic E-state index is 12.8. The lowest BCUT2D eigenvalue weighted by molar-refractivity contribution is 0.0514. The van der Waals surface area contributed by atoms with Crippen molar-refractivity contribution in [1.29, 1.82) is 0 Å². The van der Waals surface area contributed by atoms with Crippen molar-refractivity contribution in [2.75, 3.05) is 26.2 Å². The van der Waals surface area contributed by atoms with Gasteiger partial charge in [-0.05, 0) is 26.0 Å². The third-order valence-corrected chi connectivity index (χ3v) is 5.36. The van der Waals surface area contributed by atoms with E-state index >= 15 is 0 Å². The van der Waals surface area contributed by atoms with Gasteiger partial charge in [-0.2, -0.15) is 4.68 Å². The van der Waals surface area contributed by atoms with Crippen LogP contribution in [0, 0.1) is 13.8 Å². The Morgan fingerprint density at radius 2 is 1.81 bits per heavy atom. The van der Waals surface area contributed by atoms with Gasteiger partial charge in [0.25, 0.3) is 11.8 Å². The molecule has 0 bridgehead atoms. The second-order valence-electron chi connectivity index (χ2n) is 6.25. The van der Waals surface area contributed by atoms with E-state index in [0.717, 1.165) is 4.88 Å². The van der Waals surface area contributed by atoms with Crippen molar-refractivity contribution in [3.8, 4) is 5.13 Å². The number of amides is 2.